The Labute approximate surface area is 102 Å². The topological polar surface area (TPSA) is 15.3 Å². The van der Waals surface area contributed by atoms with Crippen LogP contribution in [-0.2, 0) is 0 Å². The molecule has 5 heteroatoms. The van der Waals surface area contributed by atoms with Crippen molar-refractivity contribution in [1.82, 2.24) is 10.2 Å². The summed E-state index contributed by atoms with van der Waals surface area (Å²) in [6.45, 7) is 10.6. The van der Waals surface area contributed by atoms with Crippen molar-refractivity contribution in [2.45, 2.75) is 18.6 Å². The molecule has 0 amide bonds. The van der Waals surface area contributed by atoms with Crippen molar-refractivity contribution >= 4 is 34.0 Å². The van der Waals surface area contributed by atoms with E-state index < -0.39 is 0 Å². The molecule has 1 aliphatic rings. The van der Waals surface area contributed by atoms with Crippen molar-refractivity contribution in [3.63, 3.8) is 0 Å². The van der Waals surface area contributed by atoms with Crippen LogP contribution in [0.4, 0.5) is 0 Å². The Balaban J connectivity index is 0.00000169. The molecule has 86 valence electrons. The minimum atomic E-state index is 0. The van der Waals surface area contributed by atoms with Gasteiger partial charge in [0, 0.05) is 37.5 Å². The molecule has 1 N–H and O–H groups in total. The van der Waals surface area contributed by atoms with Crippen LogP contribution in [-0.4, -0.2) is 48.6 Å². The van der Waals surface area contributed by atoms with E-state index >= 15 is 0 Å². The molecule has 14 heavy (non-hydrogen) atoms. The van der Waals surface area contributed by atoms with Gasteiger partial charge in [-0.2, -0.15) is 0 Å². The van der Waals surface area contributed by atoms with Crippen LogP contribution in [0.15, 0.2) is 0 Å². The molecule has 0 atom stereocenters. The molecule has 0 aromatic heterocycles. The van der Waals surface area contributed by atoms with Gasteiger partial charge < -0.3 is 5.32 Å². The maximum atomic E-state index is 3.38. The predicted octanol–water partition coefficient (Wildman–Crippen LogP) is 2.10. The number of hydrogen-bond donors (Lipinski definition) is 1. The molecule has 0 aliphatic carbocycles. The summed E-state index contributed by atoms with van der Waals surface area (Å²) in [7, 11) is 3.85. The number of nitrogens with zero attached hydrogens (tertiary/aromatic N) is 1. The summed E-state index contributed by atoms with van der Waals surface area (Å²) in [6.07, 6.45) is 2.16. The summed E-state index contributed by atoms with van der Waals surface area (Å²) in [6, 6.07) is 0. The summed E-state index contributed by atoms with van der Waals surface area (Å²) in [4.78, 5) is 2.56. The monoisotopic (exact) mass is 256 g/mol. The number of hydrogen-bond acceptors (Lipinski definition) is 4. The largest absolute Gasteiger partial charge is 0.314 e. The van der Waals surface area contributed by atoms with Crippen LogP contribution in [0.1, 0.15) is 13.8 Å². The van der Waals surface area contributed by atoms with Crippen molar-refractivity contribution in [1.29, 1.82) is 0 Å². The fourth-order valence-electron chi connectivity index (χ4n) is 1.66. The van der Waals surface area contributed by atoms with Crippen LogP contribution in [0.2, 0.25) is 0 Å². The fourth-order valence-corrected chi connectivity index (χ4v) is 3.86. The first-order valence-corrected chi connectivity index (χ1v) is 7.35. The van der Waals surface area contributed by atoms with Crippen LogP contribution < -0.4 is 5.32 Å². The van der Waals surface area contributed by atoms with E-state index in [-0.39, 0.29) is 12.4 Å². The van der Waals surface area contributed by atoms with E-state index in [1.807, 2.05) is 21.6 Å². The lowest BCUT2D eigenvalue weighted by Crippen LogP contribution is -2.47. The zero-order valence-corrected chi connectivity index (χ0v) is 11.7. The quantitative estimate of drug-likeness (QED) is 0.775. The van der Waals surface area contributed by atoms with Crippen molar-refractivity contribution < 1.29 is 0 Å². The van der Waals surface area contributed by atoms with Crippen LogP contribution in [0.25, 0.3) is 0 Å². The van der Waals surface area contributed by atoms with Gasteiger partial charge >= 0.3 is 0 Å². The second-order valence-corrected chi connectivity index (χ2v) is 7.14. The van der Waals surface area contributed by atoms with E-state index in [1.54, 1.807) is 0 Å². The van der Waals surface area contributed by atoms with Gasteiger partial charge in [0.1, 0.15) is 0 Å². The third-order valence-electron chi connectivity index (χ3n) is 2.12. The molecule has 0 spiro atoms. The van der Waals surface area contributed by atoms with Crippen molar-refractivity contribution in [2.24, 2.45) is 0 Å². The molecule has 1 aliphatic heterocycles. The summed E-state index contributed by atoms with van der Waals surface area (Å²) < 4.78 is 0.386. The average molecular weight is 257 g/mol. The molecule has 1 rings (SSSR count). The third-order valence-corrected chi connectivity index (χ3v) is 4.72. The molecule has 1 heterocycles. The molecule has 0 radical (unpaired) electrons. The van der Waals surface area contributed by atoms with E-state index in [1.165, 1.54) is 19.6 Å². The van der Waals surface area contributed by atoms with E-state index in [2.05, 4.69) is 30.3 Å². The molecule has 0 bridgehead atoms. The Kier molecular flexibility index (Phi) is 7.70. The molecular weight excluding hydrogens is 236 g/mol. The number of rotatable bonds is 4. The molecule has 0 unspecified atom stereocenters. The van der Waals surface area contributed by atoms with Gasteiger partial charge in [0.15, 0.2) is 0 Å². The van der Waals surface area contributed by atoms with Crippen LogP contribution in [0.5, 0.6) is 0 Å². The van der Waals surface area contributed by atoms with Gasteiger partial charge in [-0.25, -0.2) is 0 Å². The summed E-state index contributed by atoms with van der Waals surface area (Å²) >= 11 is 0. The zero-order valence-electron chi connectivity index (χ0n) is 9.21. The molecule has 0 aromatic carbocycles. The van der Waals surface area contributed by atoms with Gasteiger partial charge in [0.25, 0.3) is 0 Å². The molecular formula is C9H21ClN2S2. The molecule has 2 nitrogen and oxygen atoms in total. The van der Waals surface area contributed by atoms with Gasteiger partial charge in [-0.15, -0.1) is 12.4 Å². The first-order chi connectivity index (χ1) is 6.14. The van der Waals surface area contributed by atoms with Gasteiger partial charge in [-0.05, 0) is 20.1 Å². The Morgan fingerprint density at radius 1 is 1.29 bits per heavy atom. The van der Waals surface area contributed by atoms with E-state index in [0.717, 1.165) is 13.1 Å². The Morgan fingerprint density at radius 3 is 2.36 bits per heavy atom. The minimum absolute atomic E-state index is 0. The smallest absolute Gasteiger partial charge is 0.0334 e. The van der Waals surface area contributed by atoms with Crippen molar-refractivity contribution in [3.8, 4) is 0 Å². The highest BCUT2D eigenvalue weighted by Crippen LogP contribution is 2.34. The van der Waals surface area contributed by atoms with Crippen LogP contribution >= 0.6 is 34.0 Å². The fraction of sp³-hybridized carbons (Fsp3) is 1.00. The average Bonchev–Trinajstić information content (AvgIpc) is 2.04. The summed E-state index contributed by atoms with van der Waals surface area (Å²) in [5.41, 5.74) is 0. The first kappa shape index (κ1) is 14.9. The maximum absolute atomic E-state index is 3.38. The lowest BCUT2D eigenvalue weighted by atomic mass is 10.2. The standard InChI is InChI=1S/C9H20N2S2.ClH/c1-9(2,13-12-3)8-11-6-4-10-5-7-11;/h10H,4-8H2,1-3H3;1H. The zero-order chi connectivity index (χ0) is 9.73. The highest BCUT2D eigenvalue weighted by Gasteiger charge is 2.22. The van der Waals surface area contributed by atoms with Gasteiger partial charge in [0.05, 0.1) is 0 Å². The first-order valence-electron chi connectivity index (χ1n) is 4.79. The normalized spacial score (nSPS) is 19.1. The SMILES string of the molecule is CSSC(C)(C)CN1CCNCC1.Cl. The Morgan fingerprint density at radius 2 is 1.86 bits per heavy atom. The molecule has 0 saturated carbocycles. The highest BCUT2D eigenvalue weighted by molar-refractivity contribution is 8.76. The maximum Gasteiger partial charge on any atom is 0.0334 e. The van der Waals surface area contributed by atoms with Crippen LogP contribution in [0.3, 0.4) is 0 Å². The lowest BCUT2D eigenvalue weighted by molar-refractivity contribution is 0.227. The Bertz CT molecular complexity index is 150. The number of piperazine rings is 1. The van der Waals surface area contributed by atoms with Crippen LogP contribution in [0, 0.1) is 0 Å². The minimum Gasteiger partial charge on any atom is -0.314 e. The van der Waals surface area contributed by atoms with Crippen molar-refractivity contribution in [3.05, 3.63) is 0 Å². The van der Waals surface area contributed by atoms with Crippen molar-refractivity contribution in [2.75, 3.05) is 39.0 Å². The molecule has 1 saturated heterocycles. The molecule has 1 fully saturated rings. The van der Waals surface area contributed by atoms with E-state index in [9.17, 15) is 0 Å². The third kappa shape index (κ3) is 5.71. The van der Waals surface area contributed by atoms with E-state index in [4.69, 9.17) is 0 Å². The number of nitrogens with one attached hydrogen (secondary N) is 1. The Hall–Kier alpha value is 0.910. The van der Waals surface area contributed by atoms with Gasteiger partial charge in [0.2, 0.25) is 0 Å². The number of halogens is 1. The van der Waals surface area contributed by atoms with E-state index in [0.29, 0.717) is 4.75 Å². The second kappa shape index (κ2) is 7.23. The highest BCUT2D eigenvalue weighted by atomic mass is 35.5. The molecule has 0 aromatic rings. The predicted molar refractivity (Wildman–Crippen MR) is 71.7 cm³/mol. The summed E-state index contributed by atoms with van der Waals surface area (Å²) in [5.74, 6) is 0. The lowest BCUT2D eigenvalue weighted by Gasteiger charge is -2.34. The van der Waals surface area contributed by atoms with Gasteiger partial charge in [-0.3, -0.25) is 4.90 Å². The summed E-state index contributed by atoms with van der Waals surface area (Å²) in [5, 5.41) is 3.38. The second-order valence-electron chi connectivity index (χ2n) is 4.04. The van der Waals surface area contributed by atoms with Gasteiger partial charge in [-0.1, -0.05) is 21.6 Å².